The second-order valence-corrected chi connectivity index (χ2v) is 12.6. The lowest BCUT2D eigenvalue weighted by atomic mass is 9.77. The van der Waals surface area contributed by atoms with E-state index in [2.05, 4.69) is 16.4 Å². The lowest BCUT2D eigenvalue weighted by Gasteiger charge is -2.30. The first-order chi connectivity index (χ1) is 23.9. The summed E-state index contributed by atoms with van der Waals surface area (Å²) in [5.41, 5.74) is 5.54. The minimum absolute atomic E-state index is 0.0196. The van der Waals surface area contributed by atoms with Gasteiger partial charge in [-0.3, -0.25) is 19.4 Å². The zero-order chi connectivity index (χ0) is 34.1. The number of carbonyl (C=O) groups is 3. The van der Waals surface area contributed by atoms with E-state index in [1.165, 1.54) is 5.01 Å². The largest absolute Gasteiger partial charge is 0.494 e. The Hall–Kier alpha value is -5.32. The molecule has 3 aromatic carbocycles. The lowest BCUT2D eigenvalue weighted by Crippen LogP contribution is -2.45. The Morgan fingerprint density at radius 1 is 0.857 bits per heavy atom. The molecule has 1 saturated carbocycles. The van der Waals surface area contributed by atoms with E-state index in [0.29, 0.717) is 18.9 Å². The van der Waals surface area contributed by atoms with E-state index in [9.17, 15) is 14.4 Å². The summed E-state index contributed by atoms with van der Waals surface area (Å²) in [6.45, 7) is 6.85. The standard InChI is InChI=1S/C38H40N6O5/c1-4-24-10-16-28(17-11-24)43-37(46)34-36(38(43)47)42(41-39-34)23-32(45)44-35(26-14-20-30(21-15-26)49-6-3)31-9-7-8-27(33(31)40-44)22-25-12-18-29(19-13-25)48-5-2/h10-22,31,34-36H,4-9,23H2,1-3H3/b27-22+/t31-,34+,35-,36-/m1/s1. The highest BCUT2D eigenvalue weighted by Crippen LogP contribution is 2.45. The quantitative estimate of drug-likeness (QED) is 0.241. The minimum Gasteiger partial charge on any atom is -0.494 e. The van der Waals surface area contributed by atoms with E-state index in [1.807, 2.05) is 81.4 Å². The number of hydrazone groups is 1. The Morgan fingerprint density at radius 2 is 1.53 bits per heavy atom. The van der Waals surface area contributed by atoms with Gasteiger partial charge in [-0.25, -0.2) is 9.91 Å². The van der Waals surface area contributed by atoms with Crippen molar-refractivity contribution in [2.45, 2.75) is 64.6 Å². The van der Waals surface area contributed by atoms with E-state index in [0.717, 1.165) is 70.1 Å². The van der Waals surface area contributed by atoms with E-state index < -0.39 is 23.9 Å². The first-order valence-corrected chi connectivity index (χ1v) is 17.1. The number of imide groups is 1. The number of carbonyl (C=O) groups excluding carboxylic acids is 3. The molecule has 0 bridgehead atoms. The van der Waals surface area contributed by atoms with Crippen LogP contribution in [0.4, 0.5) is 5.69 Å². The summed E-state index contributed by atoms with van der Waals surface area (Å²) < 4.78 is 11.3. The molecule has 3 heterocycles. The predicted molar refractivity (Wildman–Crippen MR) is 185 cm³/mol. The van der Waals surface area contributed by atoms with Crippen LogP contribution in [0.3, 0.4) is 0 Å². The van der Waals surface area contributed by atoms with Crippen LogP contribution in [0.1, 0.15) is 62.8 Å². The maximum Gasteiger partial charge on any atom is 0.264 e. The Kier molecular flexibility index (Phi) is 8.99. The molecule has 11 heteroatoms. The maximum absolute atomic E-state index is 14.3. The third-order valence-electron chi connectivity index (χ3n) is 9.58. The molecule has 0 unspecified atom stereocenters. The van der Waals surface area contributed by atoms with Gasteiger partial charge in [-0.15, -0.1) is 0 Å². The van der Waals surface area contributed by atoms with Crippen molar-refractivity contribution in [2.24, 2.45) is 21.4 Å². The molecule has 7 rings (SSSR count). The normalized spacial score (nSPS) is 23.6. The summed E-state index contributed by atoms with van der Waals surface area (Å²) in [5, 5.41) is 16.2. The van der Waals surface area contributed by atoms with Gasteiger partial charge in [0.1, 0.15) is 18.0 Å². The Bertz CT molecular complexity index is 1820. The van der Waals surface area contributed by atoms with Gasteiger partial charge in [0.15, 0.2) is 12.1 Å². The molecule has 1 saturated heterocycles. The summed E-state index contributed by atoms with van der Waals surface area (Å²) in [6.07, 6.45) is 5.66. The fourth-order valence-corrected chi connectivity index (χ4v) is 7.20. The molecular formula is C38H40N6O5. The third kappa shape index (κ3) is 6.09. The van der Waals surface area contributed by atoms with Gasteiger partial charge in [0, 0.05) is 5.92 Å². The number of hydrogen-bond acceptors (Lipinski definition) is 9. The number of ether oxygens (including phenoxy) is 2. The molecule has 2 fully saturated rings. The number of fused-ring (bicyclic) bond motifs is 2. The highest BCUT2D eigenvalue weighted by atomic mass is 16.5. The highest BCUT2D eigenvalue weighted by Gasteiger charge is 2.55. The molecular weight excluding hydrogens is 620 g/mol. The number of hydrogen-bond donors (Lipinski definition) is 0. The summed E-state index contributed by atoms with van der Waals surface area (Å²) in [7, 11) is 0. The Labute approximate surface area is 285 Å². The number of aryl methyl sites for hydroxylation is 1. The second kappa shape index (κ2) is 13.7. The van der Waals surface area contributed by atoms with Crippen molar-refractivity contribution in [2.75, 3.05) is 24.7 Å². The summed E-state index contributed by atoms with van der Waals surface area (Å²) in [5.74, 6) is 0.340. The van der Waals surface area contributed by atoms with Crippen molar-refractivity contribution in [3.63, 3.8) is 0 Å². The average molecular weight is 661 g/mol. The van der Waals surface area contributed by atoms with Crippen molar-refractivity contribution >= 4 is 35.2 Å². The third-order valence-corrected chi connectivity index (χ3v) is 9.58. The molecule has 0 spiro atoms. The van der Waals surface area contributed by atoms with Crippen molar-refractivity contribution in [1.82, 2.24) is 10.0 Å². The minimum atomic E-state index is -0.996. The number of rotatable bonds is 10. The Balaban J connectivity index is 1.17. The summed E-state index contributed by atoms with van der Waals surface area (Å²) in [4.78, 5) is 42.5. The highest BCUT2D eigenvalue weighted by molar-refractivity contribution is 6.25. The van der Waals surface area contributed by atoms with Crippen LogP contribution in [-0.2, 0) is 20.8 Å². The molecule has 11 nitrogen and oxygen atoms in total. The van der Waals surface area contributed by atoms with Crippen LogP contribution >= 0.6 is 0 Å². The van der Waals surface area contributed by atoms with Gasteiger partial charge >= 0.3 is 0 Å². The van der Waals surface area contributed by atoms with Gasteiger partial charge in [0.25, 0.3) is 17.7 Å². The molecule has 3 amide bonds. The monoisotopic (exact) mass is 660 g/mol. The molecule has 4 atom stereocenters. The van der Waals surface area contributed by atoms with Crippen molar-refractivity contribution in [1.29, 1.82) is 0 Å². The lowest BCUT2D eigenvalue weighted by molar-refractivity contribution is -0.136. The number of anilines is 1. The van der Waals surface area contributed by atoms with Gasteiger partial charge < -0.3 is 9.47 Å². The number of nitrogens with zero attached hydrogens (tertiary/aromatic N) is 6. The molecule has 0 N–H and O–H groups in total. The van der Waals surface area contributed by atoms with Crippen LogP contribution in [-0.4, -0.2) is 65.3 Å². The molecule has 3 aliphatic heterocycles. The summed E-state index contributed by atoms with van der Waals surface area (Å²) >= 11 is 0. The van der Waals surface area contributed by atoms with Gasteiger partial charge in [0.2, 0.25) is 0 Å². The van der Waals surface area contributed by atoms with Crippen LogP contribution < -0.4 is 14.4 Å². The van der Waals surface area contributed by atoms with Gasteiger partial charge in [0.05, 0.1) is 30.7 Å². The zero-order valence-electron chi connectivity index (χ0n) is 28.0. The first kappa shape index (κ1) is 32.2. The van der Waals surface area contributed by atoms with E-state index in [1.54, 1.807) is 17.1 Å². The Morgan fingerprint density at radius 3 is 2.18 bits per heavy atom. The van der Waals surface area contributed by atoms with Crippen LogP contribution in [0.5, 0.6) is 11.5 Å². The average Bonchev–Trinajstić information content (AvgIpc) is 3.79. The molecule has 252 valence electrons. The molecule has 3 aromatic rings. The molecule has 0 radical (unpaired) electrons. The number of amides is 3. The summed E-state index contributed by atoms with van der Waals surface area (Å²) in [6, 6.07) is 20.8. The van der Waals surface area contributed by atoms with E-state index in [4.69, 9.17) is 14.6 Å². The van der Waals surface area contributed by atoms with Crippen molar-refractivity contribution < 1.29 is 23.9 Å². The molecule has 0 aromatic heterocycles. The van der Waals surface area contributed by atoms with Crippen molar-refractivity contribution in [3.05, 3.63) is 95.1 Å². The van der Waals surface area contributed by atoms with Crippen molar-refractivity contribution in [3.8, 4) is 11.5 Å². The predicted octanol–water partition coefficient (Wildman–Crippen LogP) is 6.16. The second-order valence-electron chi connectivity index (χ2n) is 12.6. The molecule has 1 aliphatic carbocycles. The zero-order valence-corrected chi connectivity index (χ0v) is 28.0. The molecule has 49 heavy (non-hydrogen) atoms. The van der Waals surface area contributed by atoms with E-state index >= 15 is 0 Å². The van der Waals surface area contributed by atoms with Gasteiger partial charge in [-0.1, -0.05) is 48.5 Å². The van der Waals surface area contributed by atoms with Gasteiger partial charge in [-0.05, 0) is 104 Å². The van der Waals surface area contributed by atoms with Crippen LogP contribution in [0.25, 0.3) is 6.08 Å². The fraction of sp³-hybridized carbons (Fsp3) is 0.368. The smallest absolute Gasteiger partial charge is 0.264 e. The van der Waals surface area contributed by atoms with Crippen LogP contribution in [0.15, 0.2) is 93.8 Å². The first-order valence-electron chi connectivity index (χ1n) is 17.1. The van der Waals surface area contributed by atoms with Crippen LogP contribution in [0.2, 0.25) is 0 Å². The van der Waals surface area contributed by atoms with Crippen LogP contribution in [0, 0.1) is 5.92 Å². The number of allylic oxidation sites excluding steroid dienone is 1. The number of benzene rings is 3. The fourth-order valence-electron chi connectivity index (χ4n) is 7.20. The van der Waals surface area contributed by atoms with Gasteiger partial charge in [-0.2, -0.15) is 10.2 Å². The maximum atomic E-state index is 14.3. The SMILES string of the molecule is CCOc1ccc(/C=C2\CCC[C@@H]3C2=NN(C(=O)CN2N=N[C@@H]4C(=O)N(c5ccc(CC)cc5)C(=O)[C@@H]42)[C@@H]3c2ccc(OCC)cc2)cc1. The van der Waals surface area contributed by atoms with E-state index in [-0.39, 0.29) is 24.4 Å². The molecule has 4 aliphatic rings. The topological polar surface area (TPSA) is 116 Å².